The van der Waals surface area contributed by atoms with Gasteiger partial charge in [0.15, 0.2) is 0 Å². The van der Waals surface area contributed by atoms with Crippen LogP contribution in [0.15, 0.2) is 30.3 Å². The summed E-state index contributed by atoms with van der Waals surface area (Å²) in [5, 5.41) is 3.17. The lowest BCUT2D eigenvalue weighted by molar-refractivity contribution is -0.121. The molecule has 1 saturated heterocycles. The van der Waals surface area contributed by atoms with Crippen LogP contribution in [-0.4, -0.2) is 37.6 Å². The van der Waals surface area contributed by atoms with Gasteiger partial charge < -0.3 is 14.8 Å². The SMILES string of the molecule is COc1ccc([C@H]2CCCN2[C@H](C)C(=O)Nc2c(C)cc(C)cc2C)c(OC)c1. The standard InChI is InChI=1S/C24H32N2O3/c1-15-12-16(2)23(17(3)13-15)25-24(27)18(4)26-11-7-8-21(26)20-10-9-19(28-5)14-22(20)29-6/h9-10,12-14,18,21H,7-8,11H2,1-6H3,(H,25,27)/t18-,21-/m1/s1. The Morgan fingerprint density at radius 1 is 1.10 bits per heavy atom. The van der Waals surface area contributed by atoms with Crippen molar-refractivity contribution in [1.29, 1.82) is 0 Å². The average Bonchev–Trinajstić information content (AvgIpc) is 3.18. The van der Waals surface area contributed by atoms with Crippen LogP contribution in [0.25, 0.3) is 0 Å². The lowest BCUT2D eigenvalue weighted by atomic mass is 10.0. The third-order valence-corrected chi connectivity index (χ3v) is 5.90. The summed E-state index contributed by atoms with van der Waals surface area (Å²) >= 11 is 0. The van der Waals surface area contributed by atoms with Gasteiger partial charge in [0.05, 0.1) is 20.3 Å². The number of hydrogen-bond acceptors (Lipinski definition) is 4. The molecule has 1 fully saturated rings. The summed E-state index contributed by atoms with van der Waals surface area (Å²) in [6.07, 6.45) is 2.06. The molecule has 1 amide bonds. The number of hydrogen-bond donors (Lipinski definition) is 1. The minimum absolute atomic E-state index is 0.0273. The first-order valence-electron chi connectivity index (χ1n) is 10.2. The summed E-state index contributed by atoms with van der Waals surface area (Å²) in [4.78, 5) is 15.4. The van der Waals surface area contributed by atoms with E-state index in [0.717, 1.165) is 53.3 Å². The molecule has 0 aromatic heterocycles. The lowest BCUT2D eigenvalue weighted by Gasteiger charge is -2.31. The van der Waals surface area contributed by atoms with Crippen LogP contribution in [-0.2, 0) is 4.79 Å². The molecule has 0 spiro atoms. The average molecular weight is 397 g/mol. The summed E-state index contributed by atoms with van der Waals surface area (Å²) in [5.74, 6) is 1.60. The van der Waals surface area contributed by atoms with E-state index in [-0.39, 0.29) is 18.0 Å². The zero-order valence-electron chi connectivity index (χ0n) is 18.3. The predicted molar refractivity (Wildman–Crippen MR) is 117 cm³/mol. The molecule has 156 valence electrons. The Morgan fingerprint density at radius 2 is 1.79 bits per heavy atom. The molecule has 2 aromatic carbocycles. The van der Waals surface area contributed by atoms with Crippen molar-refractivity contribution in [3.8, 4) is 11.5 Å². The van der Waals surface area contributed by atoms with Crippen LogP contribution >= 0.6 is 0 Å². The molecule has 0 radical (unpaired) electrons. The Morgan fingerprint density at radius 3 is 2.41 bits per heavy atom. The Kier molecular flexibility index (Phi) is 6.48. The number of benzene rings is 2. The van der Waals surface area contributed by atoms with Gasteiger partial charge in [0.2, 0.25) is 5.91 Å². The lowest BCUT2D eigenvalue weighted by Crippen LogP contribution is -2.41. The van der Waals surface area contributed by atoms with E-state index in [0.29, 0.717) is 0 Å². The molecule has 0 bridgehead atoms. The maximum atomic E-state index is 13.1. The minimum Gasteiger partial charge on any atom is -0.497 e. The Labute approximate surface area is 174 Å². The van der Waals surface area contributed by atoms with Crippen LogP contribution in [0.4, 0.5) is 5.69 Å². The molecule has 29 heavy (non-hydrogen) atoms. The summed E-state index contributed by atoms with van der Waals surface area (Å²) in [6, 6.07) is 10.0. The van der Waals surface area contributed by atoms with Crippen molar-refractivity contribution in [2.75, 3.05) is 26.1 Å². The summed E-state index contributed by atoms with van der Waals surface area (Å²) in [6.45, 7) is 9.04. The Bertz CT molecular complexity index is 871. The molecule has 1 aliphatic heterocycles. The summed E-state index contributed by atoms with van der Waals surface area (Å²) in [7, 11) is 3.33. The molecule has 2 atom stereocenters. The highest BCUT2D eigenvalue weighted by Gasteiger charge is 2.34. The van der Waals surface area contributed by atoms with Crippen molar-refractivity contribution in [2.45, 2.75) is 52.6 Å². The van der Waals surface area contributed by atoms with Crippen molar-refractivity contribution in [3.63, 3.8) is 0 Å². The number of ether oxygens (including phenoxy) is 2. The van der Waals surface area contributed by atoms with Gasteiger partial charge >= 0.3 is 0 Å². The predicted octanol–water partition coefficient (Wildman–Crippen LogP) is 4.79. The number of rotatable bonds is 6. The molecule has 5 nitrogen and oxygen atoms in total. The second kappa shape index (κ2) is 8.87. The van der Waals surface area contributed by atoms with E-state index >= 15 is 0 Å². The first-order valence-corrected chi connectivity index (χ1v) is 10.2. The molecule has 1 heterocycles. The first kappa shape index (κ1) is 21.2. The Balaban J connectivity index is 1.82. The molecule has 3 rings (SSSR count). The normalized spacial score (nSPS) is 17.8. The molecule has 0 unspecified atom stereocenters. The van der Waals surface area contributed by atoms with Gasteiger partial charge in [-0.1, -0.05) is 23.8 Å². The Hall–Kier alpha value is -2.53. The zero-order chi connectivity index (χ0) is 21.1. The molecule has 2 aromatic rings. The van der Waals surface area contributed by atoms with E-state index in [1.54, 1.807) is 14.2 Å². The fraction of sp³-hybridized carbons (Fsp3) is 0.458. The van der Waals surface area contributed by atoms with Gasteiger partial charge in [0.1, 0.15) is 11.5 Å². The smallest absolute Gasteiger partial charge is 0.241 e. The maximum Gasteiger partial charge on any atom is 0.241 e. The maximum absolute atomic E-state index is 13.1. The molecule has 5 heteroatoms. The first-order chi connectivity index (χ1) is 13.8. The van der Waals surface area contributed by atoms with Crippen LogP contribution in [0.5, 0.6) is 11.5 Å². The number of aryl methyl sites for hydroxylation is 3. The molecular formula is C24H32N2O3. The number of carbonyl (C=O) groups excluding carboxylic acids is 1. The summed E-state index contributed by atoms with van der Waals surface area (Å²) < 4.78 is 10.9. The largest absolute Gasteiger partial charge is 0.497 e. The third-order valence-electron chi connectivity index (χ3n) is 5.90. The van der Waals surface area contributed by atoms with E-state index < -0.39 is 0 Å². The van der Waals surface area contributed by atoms with Gasteiger partial charge in [0.25, 0.3) is 0 Å². The van der Waals surface area contributed by atoms with Crippen molar-refractivity contribution in [3.05, 3.63) is 52.6 Å². The number of amides is 1. The van der Waals surface area contributed by atoms with Crippen LogP contribution < -0.4 is 14.8 Å². The quantitative estimate of drug-likeness (QED) is 0.762. The number of nitrogens with one attached hydrogen (secondary N) is 1. The molecular weight excluding hydrogens is 364 g/mol. The van der Waals surface area contributed by atoms with Gasteiger partial charge in [-0.3, -0.25) is 9.69 Å². The fourth-order valence-electron chi connectivity index (χ4n) is 4.44. The van der Waals surface area contributed by atoms with Crippen molar-refractivity contribution in [2.24, 2.45) is 0 Å². The van der Waals surface area contributed by atoms with Crippen LogP contribution in [0.2, 0.25) is 0 Å². The molecule has 0 aliphatic carbocycles. The van der Waals surface area contributed by atoms with Gasteiger partial charge in [-0.2, -0.15) is 0 Å². The highest BCUT2D eigenvalue weighted by molar-refractivity contribution is 5.96. The number of likely N-dealkylation sites (tertiary alicyclic amines) is 1. The van der Waals surface area contributed by atoms with E-state index in [1.807, 2.05) is 32.9 Å². The van der Waals surface area contributed by atoms with Gasteiger partial charge in [-0.05, 0) is 64.3 Å². The number of nitrogens with zero attached hydrogens (tertiary/aromatic N) is 1. The molecule has 1 aliphatic rings. The number of methoxy groups -OCH3 is 2. The fourth-order valence-corrected chi connectivity index (χ4v) is 4.44. The monoisotopic (exact) mass is 396 g/mol. The van der Waals surface area contributed by atoms with Crippen molar-refractivity contribution >= 4 is 11.6 Å². The second-order valence-corrected chi connectivity index (χ2v) is 7.94. The van der Waals surface area contributed by atoms with E-state index in [4.69, 9.17) is 9.47 Å². The van der Waals surface area contributed by atoms with E-state index in [1.165, 1.54) is 5.56 Å². The van der Waals surface area contributed by atoms with E-state index in [2.05, 4.69) is 35.3 Å². The highest BCUT2D eigenvalue weighted by Crippen LogP contribution is 2.40. The van der Waals surface area contributed by atoms with Crippen molar-refractivity contribution < 1.29 is 14.3 Å². The number of anilines is 1. The van der Waals surface area contributed by atoms with Crippen LogP contribution in [0, 0.1) is 20.8 Å². The van der Waals surface area contributed by atoms with Gasteiger partial charge in [-0.15, -0.1) is 0 Å². The number of carbonyl (C=O) groups is 1. The van der Waals surface area contributed by atoms with Gasteiger partial charge in [-0.25, -0.2) is 0 Å². The second-order valence-electron chi connectivity index (χ2n) is 7.94. The topological polar surface area (TPSA) is 50.8 Å². The molecule has 1 N–H and O–H groups in total. The van der Waals surface area contributed by atoms with Gasteiger partial charge in [0, 0.05) is 23.4 Å². The summed E-state index contributed by atoms with van der Waals surface area (Å²) in [5.41, 5.74) is 5.42. The zero-order valence-corrected chi connectivity index (χ0v) is 18.3. The highest BCUT2D eigenvalue weighted by atomic mass is 16.5. The van der Waals surface area contributed by atoms with E-state index in [9.17, 15) is 4.79 Å². The van der Waals surface area contributed by atoms with Crippen LogP contribution in [0.3, 0.4) is 0 Å². The van der Waals surface area contributed by atoms with Crippen molar-refractivity contribution in [1.82, 2.24) is 4.90 Å². The third kappa shape index (κ3) is 4.40. The van der Waals surface area contributed by atoms with Crippen LogP contribution in [0.1, 0.15) is 48.1 Å². The molecule has 0 saturated carbocycles. The minimum atomic E-state index is -0.241.